The lowest BCUT2D eigenvalue weighted by atomic mass is 10.1. The summed E-state index contributed by atoms with van der Waals surface area (Å²) in [6.45, 7) is 10.2. The van der Waals surface area contributed by atoms with Crippen LogP contribution in [0.3, 0.4) is 0 Å². The lowest BCUT2D eigenvalue weighted by molar-refractivity contribution is -0.116. The van der Waals surface area contributed by atoms with E-state index in [0.717, 1.165) is 12.8 Å². The molecule has 0 aromatic rings. The molecule has 0 bridgehead atoms. The highest BCUT2D eigenvalue weighted by atomic mass is 16.1. The molecule has 0 aliphatic heterocycles. The Hall–Kier alpha value is -1.31. The van der Waals surface area contributed by atoms with Gasteiger partial charge in [0.2, 0.25) is 5.91 Å². The van der Waals surface area contributed by atoms with Crippen molar-refractivity contribution in [1.82, 2.24) is 5.32 Å². The minimum absolute atomic E-state index is 0.0339. The van der Waals surface area contributed by atoms with Gasteiger partial charge in [0.1, 0.15) is 0 Å². The summed E-state index contributed by atoms with van der Waals surface area (Å²) < 4.78 is 0. The predicted molar refractivity (Wildman–Crippen MR) is 74.8 cm³/mol. The van der Waals surface area contributed by atoms with Gasteiger partial charge in [0.25, 0.3) is 0 Å². The zero-order valence-electron chi connectivity index (χ0n) is 11.7. The van der Waals surface area contributed by atoms with Crippen molar-refractivity contribution >= 4 is 5.91 Å². The summed E-state index contributed by atoms with van der Waals surface area (Å²) in [5, 5.41) is 2.81. The number of nitrogens with one attached hydrogen (secondary N) is 1. The van der Waals surface area contributed by atoms with Gasteiger partial charge in [-0.2, -0.15) is 0 Å². The molecule has 0 heterocycles. The van der Waals surface area contributed by atoms with Crippen LogP contribution in [-0.4, -0.2) is 11.9 Å². The monoisotopic (exact) mass is 235 g/mol. The van der Waals surface area contributed by atoms with Crippen LogP contribution in [0.1, 0.15) is 47.5 Å². The quantitative estimate of drug-likeness (QED) is 0.424. The number of hydrogen-bond acceptors (Lipinski definition) is 1. The van der Waals surface area contributed by atoms with Crippen LogP contribution in [-0.2, 0) is 4.79 Å². The smallest absolute Gasteiger partial charge is 0.244 e. The Morgan fingerprint density at radius 2 is 1.88 bits per heavy atom. The van der Waals surface area contributed by atoms with Gasteiger partial charge in [-0.15, -0.1) is 0 Å². The third-order valence-electron chi connectivity index (χ3n) is 2.15. The predicted octanol–water partition coefficient (Wildman–Crippen LogP) is 3.76. The molecule has 0 aliphatic carbocycles. The van der Waals surface area contributed by atoms with Gasteiger partial charge in [0, 0.05) is 12.1 Å². The van der Waals surface area contributed by atoms with Gasteiger partial charge in [0.15, 0.2) is 0 Å². The van der Waals surface area contributed by atoms with Gasteiger partial charge in [-0.1, -0.05) is 29.4 Å². The van der Waals surface area contributed by atoms with Crippen molar-refractivity contribution in [3.63, 3.8) is 0 Å². The molecule has 0 radical (unpaired) electrons. The number of hydrogen-bond donors (Lipinski definition) is 1. The molecule has 17 heavy (non-hydrogen) atoms. The van der Waals surface area contributed by atoms with E-state index in [9.17, 15) is 4.79 Å². The molecule has 96 valence electrons. The van der Waals surface area contributed by atoms with E-state index >= 15 is 0 Å². The van der Waals surface area contributed by atoms with Crippen molar-refractivity contribution in [3.8, 4) is 0 Å². The zero-order chi connectivity index (χ0) is 13.3. The maximum Gasteiger partial charge on any atom is 0.244 e. The number of carbonyl (C=O) groups excluding carboxylic acids is 1. The van der Waals surface area contributed by atoms with E-state index in [-0.39, 0.29) is 11.9 Å². The zero-order valence-corrected chi connectivity index (χ0v) is 11.7. The standard InChI is InChI=1S/C15H25NO/c1-12(2)8-6-9-14(5)10-7-11-15(17)16-13(3)4/h7-8,10-11,13H,6,9H2,1-5H3,(H,16,17)/b11-7+,14-10+. The van der Waals surface area contributed by atoms with E-state index in [1.807, 2.05) is 26.0 Å². The maximum absolute atomic E-state index is 11.3. The minimum atomic E-state index is -0.0339. The Labute approximate surface area is 105 Å². The molecule has 0 saturated heterocycles. The van der Waals surface area contributed by atoms with E-state index < -0.39 is 0 Å². The van der Waals surface area contributed by atoms with Crippen LogP contribution in [0.25, 0.3) is 0 Å². The summed E-state index contributed by atoms with van der Waals surface area (Å²) in [6, 6.07) is 0.190. The van der Waals surface area contributed by atoms with E-state index in [4.69, 9.17) is 0 Å². The summed E-state index contributed by atoms with van der Waals surface area (Å²) in [4.78, 5) is 11.3. The molecule has 0 unspecified atom stereocenters. The van der Waals surface area contributed by atoms with Crippen LogP contribution in [0.5, 0.6) is 0 Å². The lowest BCUT2D eigenvalue weighted by Crippen LogP contribution is -2.28. The van der Waals surface area contributed by atoms with Crippen LogP contribution < -0.4 is 5.32 Å². The van der Waals surface area contributed by atoms with Gasteiger partial charge in [-0.25, -0.2) is 0 Å². The fraction of sp³-hybridized carbons (Fsp3) is 0.533. The highest BCUT2D eigenvalue weighted by Gasteiger charge is 1.95. The second-order valence-corrected chi connectivity index (χ2v) is 4.86. The number of amides is 1. The summed E-state index contributed by atoms with van der Waals surface area (Å²) in [7, 11) is 0. The van der Waals surface area contributed by atoms with Crippen LogP contribution in [0, 0.1) is 0 Å². The molecule has 2 heteroatoms. The second kappa shape index (κ2) is 8.80. The molecule has 0 fully saturated rings. The van der Waals surface area contributed by atoms with Crippen molar-refractivity contribution < 1.29 is 4.79 Å². The van der Waals surface area contributed by atoms with Crippen molar-refractivity contribution in [3.05, 3.63) is 35.5 Å². The van der Waals surface area contributed by atoms with Gasteiger partial charge in [-0.3, -0.25) is 4.79 Å². The van der Waals surface area contributed by atoms with Gasteiger partial charge in [-0.05, 0) is 47.5 Å². The average molecular weight is 235 g/mol. The van der Waals surface area contributed by atoms with Crippen molar-refractivity contribution in [2.45, 2.75) is 53.5 Å². The first-order valence-electron chi connectivity index (χ1n) is 6.19. The third kappa shape index (κ3) is 11.0. The minimum Gasteiger partial charge on any atom is -0.350 e. The molecule has 1 N–H and O–H groups in total. The molecule has 0 saturated carbocycles. The lowest BCUT2D eigenvalue weighted by Gasteiger charge is -2.03. The Morgan fingerprint density at radius 1 is 1.24 bits per heavy atom. The first-order chi connectivity index (χ1) is 7.91. The largest absolute Gasteiger partial charge is 0.350 e. The number of allylic oxidation sites excluding steroid dienone is 5. The van der Waals surface area contributed by atoms with E-state index in [2.05, 4.69) is 32.2 Å². The molecular weight excluding hydrogens is 210 g/mol. The van der Waals surface area contributed by atoms with Crippen molar-refractivity contribution in [2.75, 3.05) is 0 Å². The summed E-state index contributed by atoms with van der Waals surface area (Å²) in [5.74, 6) is -0.0339. The molecule has 0 spiro atoms. The molecule has 0 aliphatic rings. The van der Waals surface area contributed by atoms with Crippen LogP contribution in [0.4, 0.5) is 0 Å². The maximum atomic E-state index is 11.3. The fourth-order valence-corrected chi connectivity index (χ4v) is 1.30. The highest BCUT2D eigenvalue weighted by Crippen LogP contribution is 2.06. The second-order valence-electron chi connectivity index (χ2n) is 4.86. The Kier molecular flexibility index (Phi) is 8.12. The average Bonchev–Trinajstić information content (AvgIpc) is 2.15. The first kappa shape index (κ1) is 15.7. The molecule has 1 amide bonds. The number of rotatable bonds is 6. The van der Waals surface area contributed by atoms with Gasteiger partial charge in [0.05, 0.1) is 0 Å². The van der Waals surface area contributed by atoms with Crippen LogP contribution >= 0.6 is 0 Å². The SMILES string of the molecule is CC(C)=CCC/C(C)=C/C=C/C(=O)NC(C)C. The van der Waals surface area contributed by atoms with Crippen molar-refractivity contribution in [1.29, 1.82) is 0 Å². The van der Waals surface area contributed by atoms with E-state index in [1.54, 1.807) is 6.08 Å². The number of carbonyl (C=O) groups is 1. The fourth-order valence-electron chi connectivity index (χ4n) is 1.30. The van der Waals surface area contributed by atoms with Gasteiger partial charge < -0.3 is 5.32 Å². The van der Waals surface area contributed by atoms with Crippen molar-refractivity contribution in [2.24, 2.45) is 0 Å². The van der Waals surface area contributed by atoms with E-state index in [0.29, 0.717) is 0 Å². The molecule has 0 rings (SSSR count). The van der Waals surface area contributed by atoms with E-state index in [1.165, 1.54) is 11.1 Å². The summed E-state index contributed by atoms with van der Waals surface area (Å²) >= 11 is 0. The normalized spacial score (nSPS) is 12.0. The third-order valence-corrected chi connectivity index (χ3v) is 2.15. The Balaban J connectivity index is 4.01. The molecule has 0 atom stereocenters. The Bertz CT molecular complexity index is 318. The summed E-state index contributed by atoms with van der Waals surface area (Å²) in [5.41, 5.74) is 2.64. The Morgan fingerprint density at radius 3 is 2.41 bits per heavy atom. The van der Waals surface area contributed by atoms with Gasteiger partial charge >= 0.3 is 0 Å². The summed E-state index contributed by atoms with van der Waals surface area (Å²) in [6.07, 6.45) is 9.73. The van der Waals surface area contributed by atoms with Crippen LogP contribution in [0.15, 0.2) is 35.5 Å². The molecule has 0 aromatic carbocycles. The molecular formula is C15H25NO. The van der Waals surface area contributed by atoms with Crippen LogP contribution in [0.2, 0.25) is 0 Å². The highest BCUT2D eigenvalue weighted by molar-refractivity contribution is 5.87. The molecule has 0 aromatic heterocycles. The molecule has 2 nitrogen and oxygen atoms in total. The topological polar surface area (TPSA) is 29.1 Å². The first-order valence-corrected chi connectivity index (χ1v) is 6.19.